The monoisotopic (exact) mass is 300 g/mol. The zero-order chi connectivity index (χ0) is 13.8. The van der Waals surface area contributed by atoms with Crippen LogP contribution in [0.4, 0.5) is 5.00 Å². The van der Waals surface area contributed by atoms with Crippen molar-refractivity contribution in [3.05, 3.63) is 10.7 Å². The van der Waals surface area contributed by atoms with E-state index in [1.54, 1.807) is 16.8 Å². The third-order valence-corrected chi connectivity index (χ3v) is 4.16. The van der Waals surface area contributed by atoms with Gasteiger partial charge in [0.15, 0.2) is 5.15 Å². The molecule has 0 saturated carbocycles. The van der Waals surface area contributed by atoms with Crippen LogP contribution in [0, 0.1) is 11.3 Å². The highest BCUT2D eigenvalue weighted by Crippen LogP contribution is 2.30. The minimum Gasteiger partial charge on any atom is -0.378 e. The predicted octanol–water partition coefficient (Wildman–Crippen LogP) is 0.963. The van der Waals surface area contributed by atoms with Gasteiger partial charge < -0.3 is 14.5 Å². The number of hydrogen-bond donors (Lipinski definition) is 0. The first kappa shape index (κ1) is 14.1. The van der Waals surface area contributed by atoms with E-state index >= 15 is 0 Å². The van der Waals surface area contributed by atoms with E-state index < -0.39 is 0 Å². The van der Waals surface area contributed by atoms with Gasteiger partial charge in [-0.25, -0.2) is 0 Å². The Bertz CT molecular complexity index is 507. The van der Waals surface area contributed by atoms with E-state index in [-0.39, 0.29) is 17.6 Å². The highest BCUT2D eigenvalue weighted by atomic mass is 35.5. The number of amides is 1. The van der Waals surface area contributed by atoms with Crippen LogP contribution in [0.3, 0.4) is 0 Å². The largest absolute Gasteiger partial charge is 0.378 e. The molecule has 0 aliphatic carbocycles. The van der Waals surface area contributed by atoms with Crippen molar-refractivity contribution in [3.63, 3.8) is 0 Å². The van der Waals surface area contributed by atoms with Crippen molar-refractivity contribution in [3.8, 4) is 6.07 Å². The fourth-order valence-corrected chi connectivity index (χ4v) is 2.79. The van der Waals surface area contributed by atoms with E-state index in [2.05, 4.69) is 4.37 Å². The van der Waals surface area contributed by atoms with Gasteiger partial charge in [0.25, 0.3) is 0 Å². The molecule has 1 fully saturated rings. The van der Waals surface area contributed by atoms with E-state index in [4.69, 9.17) is 21.6 Å². The molecule has 0 aromatic carbocycles. The lowest BCUT2D eigenvalue weighted by Gasteiger charge is -2.28. The number of carbonyl (C=O) groups is 1. The first-order chi connectivity index (χ1) is 9.13. The maximum absolute atomic E-state index is 12.1. The maximum Gasteiger partial charge on any atom is 0.242 e. The number of nitrogens with zero attached hydrogens (tertiary/aromatic N) is 4. The van der Waals surface area contributed by atoms with Crippen molar-refractivity contribution in [2.75, 3.05) is 44.8 Å². The first-order valence-corrected chi connectivity index (χ1v) is 6.90. The maximum atomic E-state index is 12.1. The molecule has 0 N–H and O–H groups in total. The second-order valence-electron chi connectivity index (χ2n) is 4.11. The lowest BCUT2D eigenvalue weighted by atomic mass is 10.3. The minimum atomic E-state index is 0.0132. The normalized spacial score (nSPS) is 15.1. The van der Waals surface area contributed by atoms with Crippen LogP contribution >= 0.6 is 23.1 Å². The summed E-state index contributed by atoms with van der Waals surface area (Å²) in [6, 6.07) is 2.01. The lowest BCUT2D eigenvalue weighted by molar-refractivity contribution is -0.133. The molecule has 6 nitrogen and oxygen atoms in total. The second kappa shape index (κ2) is 6.19. The quantitative estimate of drug-likeness (QED) is 0.832. The number of morpholine rings is 1. The van der Waals surface area contributed by atoms with Gasteiger partial charge in [-0.2, -0.15) is 9.64 Å². The van der Waals surface area contributed by atoms with Crippen LogP contribution in [0.5, 0.6) is 0 Å². The number of hydrogen-bond acceptors (Lipinski definition) is 6. The van der Waals surface area contributed by atoms with E-state index in [0.717, 1.165) is 11.5 Å². The van der Waals surface area contributed by atoms with Crippen LogP contribution in [-0.4, -0.2) is 55.1 Å². The smallest absolute Gasteiger partial charge is 0.242 e. The minimum absolute atomic E-state index is 0.0132. The zero-order valence-corrected chi connectivity index (χ0v) is 12.0. The van der Waals surface area contributed by atoms with E-state index in [0.29, 0.717) is 36.9 Å². The number of anilines is 1. The Morgan fingerprint density at radius 1 is 1.63 bits per heavy atom. The van der Waals surface area contributed by atoms with Gasteiger partial charge in [0.1, 0.15) is 16.6 Å². The van der Waals surface area contributed by atoms with Crippen LogP contribution in [0.1, 0.15) is 5.56 Å². The summed E-state index contributed by atoms with van der Waals surface area (Å²) >= 11 is 6.94. The van der Waals surface area contributed by atoms with Crippen molar-refractivity contribution in [2.24, 2.45) is 0 Å². The van der Waals surface area contributed by atoms with E-state index in [1.807, 2.05) is 6.07 Å². The molecule has 0 spiro atoms. The Labute approximate surface area is 120 Å². The number of rotatable bonds is 3. The van der Waals surface area contributed by atoms with Crippen molar-refractivity contribution in [2.45, 2.75) is 0 Å². The van der Waals surface area contributed by atoms with Gasteiger partial charge in [-0.3, -0.25) is 4.79 Å². The third-order valence-electron chi connectivity index (χ3n) is 2.83. The number of nitriles is 1. The van der Waals surface area contributed by atoms with E-state index in [1.165, 1.54) is 0 Å². The van der Waals surface area contributed by atoms with Gasteiger partial charge in [-0.15, -0.1) is 0 Å². The first-order valence-electron chi connectivity index (χ1n) is 5.75. The molecule has 1 saturated heterocycles. The fourth-order valence-electron chi connectivity index (χ4n) is 1.80. The molecule has 0 bridgehead atoms. The summed E-state index contributed by atoms with van der Waals surface area (Å²) in [7, 11) is 1.75. The summed E-state index contributed by atoms with van der Waals surface area (Å²) < 4.78 is 9.13. The predicted molar refractivity (Wildman–Crippen MR) is 72.5 cm³/mol. The molecule has 0 radical (unpaired) electrons. The Balaban J connectivity index is 2.02. The third kappa shape index (κ3) is 3.15. The average molecular weight is 301 g/mol. The van der Waals surface area contributed by atoms with Crippen LogP contribution < -0.4 is 4.90 Å². The van der Waals surface area contributed by atoms with Crippen LogP contribution in [0.25, 0.3) is 0 Å². The topological polar surface area (TPSA) is 69.5 Å². The zero-order valence-electron chi connectivity index (χ0n) is 10.4. The van der Waals surface area contributed by atoms with Crippen LogP contribution in [0.2, 0.25) is 5.15 Å². The Kier molecular flexibility index (Phi) is 4.58. The Morgan fingerprint density at radius 2 is 2.32 bits per heavy atom. The van der Waals surface area contributed by atoms with Gasteiger partial charge in [-0.05, 0) is 11.5 Å². The average Bonchev–Trinajstić information content (AvgIpc) is 2.80. The van der Waals surface area contributed by atoms with Crippen molar-refractivity contribution in [1.29, 1.82) is 5.26 Å². The summed E-state index contributed by atoms with van der Waals surface area (Å²) in [6.07, 6.45) is 0. The number of carbonyl (C=O) groups excluding carboxylic acids is 1. The highest BCUT2D eigenvalue weighted by molar-refractivity contribution is 7.10. The molecule has 1 aromatic rings. The van der Waals surface area contributed by atoms with Crippen molar-refractivity contribution >= 4 is 34.0 Å². The lowest BCUT2D eigenvalue weighted by Crippen LogP contribution is -2.45. The van der Waals surface area contributed by atoms with Crippen LogP contribution in [0.15, 0.2) is 0 Å². The molecule has 102 valence electrons. The summed E-state index contributed by atoms with van der Waals surface area (Å²) in [5.74, 6) is 0.0132. The summed E-state index contributed by atoms with van der Waals surface area (Å²) in [5, 5.41) is 9.82. The summed E-state index contributed by atoms with van der Waals surface area (Å²) in [5.41, 5.74) is 0.323. The molecular formula is C11H13ClN4O2S. The Morgan fingerprint density at radius 3 is 2.95 bits per heavy atom. The highest BCUT2D eigenvalue weighted by Gasteiger charge is 2.21. The fraction of sp³-hybridized carbons (Fsp3) is 0.545. The van der Waals surface area contributed by atoms with Crippen LogP contribution in [-0.2, 0) is 9.53 Å². The summed E-state index contributed by atoms with van der Waals surface area (Å²) in [4.78, 5) is 15.6. The molecule has 1 aromatic heterocycles. The number of aromatic nitrogens is 1. The molecule has 0 atom stereocenters. The molecule has 1 amide bonds. The second-order valence-corrected chi connectivity index (χ2v) is 5.22. The molecule has 2 heterocycles. The summed E-state index contributed by atoms with van der Waals surface area (Å²) in [6.45, 7) is 2.58. The SMILES string of the molecule is CN(CC(=O)N1CCOCC1)c1snc(Cl)c1C#N. The Hall–Kier alpha value is -1.36. The van der Waals surface area contributed by atoms with Gasteiger partial charge in [-0.1, -0.05) is 11.6 Å². The molecule has 8 heteroatoms. The molecule has 0 unspecified atom stereocenters. The molecule has 1 aliphatic heterocycles. The standard InChI is InChI=1S/C11H13ClN4O2S/c1-15(11-8(6-13)10(12)14-19-11)7-9(17)16-2-4-18-5-3-16/h2-5,7H2,1H3. The van der Waals surface area contributed by atoms with Crippen molar-refractivity contribution in [1.82, 2.24) is 9.27 Å². The number of halogens is 1. The molecule has 1 aliphatic rings. The van der Waals surface area contributed by atoms with Crippen molar-refractivity contribution < 1.29 is 9.53 Å². The van der Waals surface area contributed by atoms with Gasteiger partial charge in [0.05, 0.1) is 19.8 Å². The molecule has 19 heavy (non-hydrogen) atoms. The van der Waals surface area contributed by atoms with E-state index in [9.17, 15) is 4.79 Å². The molecule has 2 rings (SSSR count). The van der Waals surface area contributed by atoms with Gasteiger partial charge in [0, 0.05) is 20.1 Å². The molecular weight excluding hydrogens is 288 g/mol. The van der Waals surface area contributed by atoms with Gasteiger partial charge >= 0.3 is 0 Å². The number of likely N-dealkylation sites (N-methyl/N-ethyl adjacent to an activating group) is 1. The van der Waals surface area contributed by atoms with Gasteiger partial charge in [0.2, 0.25) is 5.91 Å². The number of ether oxygens (including phenoxy) is 1.